The monoisotopic (exact) mass is 1020 g/mol. The van der Waals surface area contributed by atoms with Crippen LogP contribution in [0.1, 0.15) is 33.3 Å². The highest BCUT2D eigenvalue weighted by molar-refractivity contribution is 6.12. The molecule has 14 rings (SSSR count). The number of rotatable bonds is 10. The minimum Gasteiger partial charge on any atom is -0.310 e. The molecule has 0 fully saturated rings. The van der Waals surface area contributed by atoms with E-state index in [0.29, 0.717) is 0 Å². The van der Waals surface area contributed by atoms with Gasteiger partial charge in [0.05, 0.1) is 44.5 Å². The normalized spacial score (nSPS) is 11.1. The Kier molecular flexibility index (Phi) is 13.8. The van der Waals surface area contributed by atoms with Crippen LogP contribution in [0.25, 0.3) is 88.5 Å². The Balaban J connectivity index is 0.00000152. The molecule has 0 spiro atoms. The van der Waals surface area contributed by atoms with E-state index in [1.54, 1.807) is 0 Å². The lowest BCUT2D eigenvalue weighted by molar-refractivity contribution is 1.18. The number of hydrogen-bond acceptors (Lipinski definition) is 4. The van der Waals surface area contributed by atoms with Gasteiger partial charge in [-0.05, 0) is 140 Å². The van der Waals surface area contributed by atoms with Gasteiger partial charge in [0.25, 0.3) is 0 Å². The Morgan fingerprint density at radius 2 is 0.646 bits per heavy atom. The highest BCUT2D eigenvalue weighted by atomic mass is 15.1. The molecule has 382 valence electrons. The van der Waals surface area contributed by atoms with Crippen molar-refractivity contribution in [1.29, 1.82) is 0 Å². The van der Waals surface area contributed by atoms with Gasteiger partial charge in [-0.2, -0.15) is 0 Å². The largest absolute Gasteiger partial charge is 0.310 e. The third-order valence-corrected chi connectivity index (χ3v) is 14.6. The van der Waals surface area contributed by atoms with E-state index >= 15 is 0 Å². The second-order valence-corrected chi connectivity index (χ2v) is 19.1. The Morgan fingerprint density at radius 1 is 0.291 bits per heavy atom. The fraction of sp³-hybridized carbons (Fsp3) is 0.0685. The smallest absolute Gasteiger partial charge is 0.0973 e. The van der Waals surface area contributed by atoms with E-state index in [4.69, 9.17) is 9.97 Å². The molecule has 6 nitrogen and oxygen atoms in total. The summed E-state index contributed by atoms with van der Waals surface area (Å²) >= 11 is 0. The maximum Gasteiger partial charge on any atom is 0.0973 e. The average molecular weight is 1020 g/mol. The van der Waals surface area contributed by atoms with Crippen LogP contribution in [0.2, 0.25) is 0 Å². The Hall–Kier alpha value is -10.0. The molecule has 0 N–H and O–H groups in total. The number of para-hydroxylation sites is 7. The zero-order valence-corrected chi connectivity index (χ0v) is 45.2. The van der Waals surface area contributed by atoms with E-state index in [9.17, 15) is 0 Å². The maximum absolute atomic E-state index is 5.44. The first-order chi connectivity index (χ1) is 39.1. The van der Waals surface area contributed by atoms with Crippen LogP contribution in [-0.2, 0) is 0 Å². The summed E-state index contributed by atoms with van der Waals surface area (Å²) in [6.45, 7) is 10.1. The van der Waals surface area contributed by atoms with Gasteiger partial charge in [0.1, 0.15) is 0 Å². The number of hydrogen-bond donors (Lipinski definition) is 0. The Morgan fingerprint density at radius 3 is 1.09 bits per heavy atom. The molecule has 0 bridgehead atoms. The fourth-order valence-electron chi connectivity index (χ4n) is 11.1. The van der Waals surface area contributed by atoms with Crippen LogP contribution in [0.5, 0.6) is 0 Å². The van der Waals surface area contributed by atoms with Crippen LogP contribution in [-0.4, -0.2) is 19.1 Å². The highest BCUT2D eigenvalue weighted by Crippen LogP contribution is 2.43. The number of anilines is 6. The first kappa shape index (κ1) is 49.8. The molecule has 0 saturated carbocycles. The summed E-state index contributed by atoms with van der Waals surface area (Å²) in [7, 11) is 0. The molecule has 0 aliphatic heterocycles. The number of aryl methyl sites for hydroxylation is 1. The molecular formula is C73H60N6. The molecule has 0 atom stereocenters. The van der Waals surface area contributed by atoms with Gasteiger partial charge >= 0.3 is 0 Å². The summed E-state index contributed by atoms with van der Waals surface area (Å²) < 4.78 is 4.72. The van der Waals surface area contributed by atoms with Crippen molar-refractivity contribution in [3.63, 3.8) is 0 Å². The molecule has 6 heteroatoms. The molecular weight excluding hydrogens is 961 g/mol. The van der Waals surface area contributed by atoms with Crippen molar-refractivity contribution in [3.05, 3.63) is 279 Å². The van der Waals surface area contributed by atoms with Gasteiger partial charge < -0.3 is 18.9 Å². The molecule has 0 radical (unpaired) electrons. The summed E-state index contributed by atoms with van der Waals surface area (Å²) in [5.74, 6) is 0. The van der Waals surface area contributed by atoms with Crippen molar-refractivity contribution < 1.29 is 0 Å². The van der Waals surface area contributed by atoms with Gasteiger partial charge in [0.15, 0.2) is 0 Å². The van der Waals surface area contributed by atoms with Gasteiger partial charge in [-0.3, -0.25) is 0 Å². The van der Waals surface area contributed by atoms with Gasteiger partial charge in [0.2, 0.25) is 0 Å². The van der Waals surface area contributed by atoms with E-state index in [0.717, 1.165) is 95.6 Å². The summed E-state index contributed by atoms with van der Waals surface area (Å²) in [6, 6.07) is 97.4. The van der Waals surface area contributed by atoms with Gasteiger partial charge in [-0.1, -0.05) is 173 Å². The van der Waals surface area contributed by atoms with E-state index < -0.39 is 0 Å². The van der Waals surface area contributed by atoms with Crippen molar-refractivity contribution in [2.24, 2.45) is 0 Å². The van der Waals surface area contributed by atoms with Crippen molar-refractivity contribution >= 4 is 88.8 Å². The van der Waals surface area contributed by atoms with Crippen molar-refractivity contribution in [3.8, 4) is 33.9 Å². The van der Waals surface area contributed by atoms with Crippen molar-refractivity contribution in [2.45, 2.75) is 34.6 Å². The molecule has 0 amide bonds. The molecule has 0 saturated heterocycles. The lowest BCUT2D eigenvalue weighted by atomic mass is 10.0. The van der Waals surface area contributed by atoms with Crippen LogP contribution in [0, 0.1) is 6.92 Å². The topological polar surface area (TPSA) is 42.1 Å². The first-order valence-electron chi connectivity index (χ1n) is 27.5. The van der Waals surface area contributed by atoms with Crippen LogP contribution in [0.3, 0.4) is 0 Å². The number of nitrogens with zero attached hydrogens (tertiary/aromatic N) is 6. The standard InChI is InChI=1S/C69H48N6.2C2H6/c1-47-19-18-30-62-67(47)71-69(49-35-39-55(40-36-49)73(51-22-8-3-9-23-51)57-42-44-66-61(46-57)59-29-15-17-32-64(59)75(66)53-26-12-5-13-27-53)68(70-62)48-33-37-54(38-34-48)72(50-20-6-2-7-21-50)56-41-43-65-60(45-56)58-28-14-16-31-63(58)74(65)52-24-10-4-11-25-52;2*1-2/h2-46H,1H3;2*1-2H3. The fourth-order valence-corrected chi connectivity index (χ4v) is 11.1. The number of fused-ring (bicyclic) bond motifs is 7. The summed E-state index contributed by atoms with van der Waals surface area (Å²) in [6.07, 6.45) is 0. The highest BCUT2D eigenvalue weighted by Gasteiger charge is 2.22. The third-order valence-electron chi connectivity index (χ3n) is 14.6. The summed E-state index contributed by atoms with van der Waals surface area (Å²) in [5, 5.41) is 4.82. The summed E-state index contributed by atoms with van der Waals surface area (Å²) in [4.78, 5) is 15.5. The summed E-state index contributed by atoms with van der Waals surface area (Å²) in [5.41, 5.74) is 19.8. The zero-order valence-electron chi connectivity index (χ0n) is 45.2. The maximum atomic E-state index is 5.44. The molecule has 3 aromatic heterocycles. The van der Waals surface area contributed by atoms with Gasteiger partial charge in [0, 0.05) is 78.2 Å². The van der Waals surface area contributed by atoms with Crippen molar-refractivity contribution in [2.75, 3.05) is 9.80 Å². The van der Waals surface area contributed by atoms with E-state index in [1.807, 2.05) is 27.7 Å². The molecule has 11 aromatic carbocycles. The van der Waals surface area contributed by atoms with E-state index in [-0.39, 0.29) is 0 Å². The van der Waals surface area contributed by atoms with Crippen LogP contribution in [0.15, 0.2) is 273 Å². The minimum absolute atomic E-state index is 0.828. The quantitative estimate of drug-likeness (QED) is 0.137. The zero-order chi connectivity index (χ0) is 53.8. The predicted molar refractivity (Wildman–Crippen MR) is 336 cm³/mol. The van der Waals surface area contributed by atoms with Crippen LogP contribution in [0.4, 0.5) is 34.1 Å². The second kappa shape index (κ2) is 21.9. The van der Waals surface area contributed by atoms with Crippen LogP contribution < -0.4 is 9.80 Å². The molecule has 3 heterocycles. The van der Waals surface area contributed by atoms with E-state index in [1.165, 1.54) is 32.6 Å². The van der Waals surface area contributed by atoms with Gasteiger partial charge in [-0.25, -0.2) is 9.97 Å². The predicted octanol–water partition coefficient (Wildman–Crippen LogP) is 20.5. The Bertz CT molecular complexity index is 4400. The number of aromatic nitrogens is 4. The Labute approximate surface area is 462 Å². The third kappa shape index (κ3) is 9.13. The van der Waals surface area contributed by atoms with Gasteiger partial charge in [-0.15, -0.1) is 0 Å². The molecule has 79 heavy (non-hydrogen) atoms. The molecule has 14 aromatic rings. The van der Waals surface area contributed by atoms with Crippen LogP contribution >= 0.6 is 0 Å². The lowest BCUT2D eigenvalue weighted by Crippen LogP contribution is -2.10. The minimum atomic E-state index is 0.828. The molecule has 0 aliphatic rings. The first-order valence-corrected chi connectivity index (χ1v) is 27.5. The molecule has 0 unspecified atom stereocenters. The van der Waals surface area contributed by atoms with E-state index in [2.05, 4.69) is 299 Å². The SMILES string of the molecule is CC.CC.Cc1cccc2nc(-c3ccc(N(c4ccccc4)c4ccc5c(c4)c4ccccc4n5-c4ccccc4)cc3)c(-c3ccc(N(c4ccccc4)c4ccc5c(c4)c4ccccc4n5-c4ccccc4)cc3)nc12. The van der Waals surface area contributed by atoms with Crippen molar-refractivity contribution in [1.82, 2.24) is 19.1 Å². The average Bonchev–Trinajstić information content (AvgIpc) is 4.29. The number of benzene rings is 11. The lowest BCUT2D eigenvalue weighted by Gasteiger charge is -2.26. The second-order valence-electron chi connectivity index (χ2n) is 19.1. The molecule has 0 aliphatic carbocycles.